The molecule has 0 saturated heterocycles. The van der Waals surface area contributed by atoms with Crippen molar-refractivity contribution in [2.45, 2.75) is 38.1 Å². The van der Waals surface area contributed by atoms with E-state index in [1.807, 2.05) is 0 Å². The second-order valence-electron chi connectivity index (χ2n) is 4.18. The van der Waals surface area contributed by atoms with Crippen molar-refractivity contribution in [3.05, 3.63) is 0 Å². The summed E-state index contributed by atoms with van der Waals surface area (Å²) in [5.41, 5.74) is 0. The summed E-state index contributed by atoms with van der Waals surface area (Å²) in [5, 5.41) is 11.8. The van der Waals surface area contributed by atoms with Crippen molar-refractivity contribution in [3.8, 4) is 0 Å². The van der Waals surface area contributed by atoms with E-state index in [0.29, 0.717) is 6.61 Å². The molecule has 4 nitrogen and oxygen atoms in total. The number of aliphatic hydroxyl groups is 1. The van der Waals surface area contributed by atoms with Crippen LogP contribution in [0.3, 0.4) is 0 Å². The molecule has 0 aromatic heterocycles. The number of amides is 1. The fraction of sp³-hybridized carbons (Fsp3) is 0.909. The van der Waals surface area contributed by atoms with Gasteiger partial charge < -0.3 is 15.2 Å². The van der Waals surface area contributed by atoms with Crippen LogP contribution in [0.5, 0.6) is 0 Å². The first-order valence-electron chi connectivity index (χ1n) is 5.68. The molecule has 1 saturated carbocycles. The number of hydrogen-bond acceptors (Lipinski definition) is 3. The first-order valence-corrected chi connectivity index (χ1v) is 5.68. The van der Waals surface area contributed by atoms with Crippen LogP contribution in [0.1, 0.15) is 32.1 Å². The van der Waals surface area contributed by atoms with Crippen LogP contribution in [0.25, 0.3) is 0 Å². The van der Waals surface area contributed by atoms with E-state index < -0.39 is 0 Å². The lowest BCUT2D eigenvalue weighted by atomic mass is 9.88. The molecular weight excluding hydrogens is 194 g/mol. The topological polar surface area (TPSA) is 58.6 Å². The molecule has 0 bridgehead atoms. The van der Waals surface area contributed by atoms with Gasteiger partial charge in [0.05, 0.1) is 19.3 Å². The highest BCUT2D eigenvalue weighted by atomic mass is 16.5. The highest BCUT2D eigenvalue weighted by Crippen LogP contribution is 2.23. The number of rotatable bonds is 5. The molecule has 4 heteroatoms. The van der Waals surface area contributed by atoms with E-state index in [1.54, 1.807) is 7.11 Å². The average Bonchev–Trinajstić information content (AvgIpc) is 2.29. The summed E-state index contributed by atoms with van der Waals surface area (Å²) in [6.07, 6.45) is 5.50. The van der Waals surface area contributed by atoms with Crippen molar-refractivity contribution < 1.29 is 14.6 Å². The summed E-state index contributed by atoms with van der Waals surface area (Å²) in [4.78, 5) is 11.8. The van der Waals surface area contributed by atoms with Gasteiger partial charge in [-0.2, -0.15) is 0 Å². The molecule has 0 aromatic rings. The number of ether oxygens (including phenoxy) is 1. The minimum Gasteiger partial charge on any atom is -0.394 e. The molecule has 1 unspecified atom stereocenters. The second-order valence-corrected chi connectivity index (χ2v) is 4.18. The van der Waals surface area contributed by atoms with Crippen molar-refractivity contribution in [1.29, 1.82) is 0 Å². The van der Waals surface area contributed by atoms with Crippen LogP contribution >= 0.6 is 0 Å². The third kappa shape index (κ3) is 4.18. The van der Waals surface area contributed by atoms with Gasteiger partial charge in [-0.25, -0.2) is 0 Å². The predicted octanol–water partition coefficient (Wildman–Crippen LogP) is 0.690. The van der Waals surface area contributed by atoms with Gasteiger partial charge in [0.1, 0.15) is 0 Å². The van der Waals surface area contributed by atoms with E-state index in [4.69, 9.17) is 9.84 Å². The fourth-order valence-electron chi connectivity index (χ4n) is 2.03. The molecule has 0 aliphatic heterocycles. The average molecular weight is 215 g/mol. The normalized spacial score (nSPS) is 19.9. The predicted molar refractivity (Wildman–Crippen MR) is 57.5 cm³/mol. The molecule has 2 N–H and O–H groups in total. The SMILES string of the molecule is COCC(CO)NC(=O)C1CCCCC1. The standard InChI is InChI=1S/C11H21NO3/c1-15-8-10(7-13)12-11(14)9-5-3-2-4-6-9/h9-10,13H,2-8H2,1H3,(H,12,14). The largest absolute Gasteiger partial charge is 0.394 e. The molecule has 88 valence electrons. The Balaban J connectivity index is 2.31. The van der Waals surface area contributed by atoms with Crippen molar-refractivity contribution >= 4 is 5.91 Å². The zero-order chi connectivity index (χ0) is 11.1. The van der Waals surface area contributed by atoms with Crippen LogP contribution in [0.15, 0.2) is 0 Å². The third-order valence-electron chi connectivity index (χ3n) is 2.91. The van der Waals surface area contributed by atoms with Gasteiger partial charge in [-0.3, -0.25) is 4.79 Å². The van der Waals surface area contributed by atoms with Gasteiger partial charge in [0.15, 0.2) is 0 Å². The zero-order valence-electron chi connectivity index (χ0n) is 9.37. The van der Waals surface area contributed by atoms with Gasteiger partial charge >= 0.3 is 0 Å². The molecular formula is C11H21NO3. The number of hydrogen-bond donors (Lipinski definition) is 2. The maximum Gasteiger partial charge on any atom is 0.223 e. The highest BCUT2D eigenvalue weighted by molar-refractivity contribution is 5.79. The highest BCUT2D eigenvalue weighted by Gasteiger charge is 2.22. The van der Waals surface area contributed by atoms with Crippen molar-refractivity contribution in [1.82, 2.24) is 5.32 Å². The molecule has 0 heterocycles. The monoisotopic (exact) mass is 215 g/mol. The lowest BCUT2D eigenvalue weighted by molar-refractivity contribution is -0.127. The van der Waals surface area contributed by atoms with Crippen LogP contribution in [-0.2, 0) is 9.53 Å². The Morgan fingerprint density at radius 3 is 2.67 bits per heavy atom. The van der Waals surface area contributed by atoms with Crippen molar-refractivity contribution in [2.75, 3.05) is 20.3 Å². The molecule has 0 spiro atoms. The Kier molecular flexibility index (Phi) is 5.65. The fourth-order valence-corrected chi connectivity index (χ4v) is 2.03. The summed E-state index contributed by atoms with van der Waals surface area (Å²) >= 11 is 0. The van der Waals surface area contributed by atoms with Gasteiger partial charge in [-0.15, -0.1) is 0 Å². The molecule has 1 atom stereocenters. The minimum absolute atomic E-state index is 0.0632. The van der Waals surface area contributed by atoms with E-state index in [2.05, 4.69) is 5.32 Å². The van der Waals surface area contributed by atoms with E-state index in [-0.39, 0.29) is 24.5 Å². The molecule has 1 aliphatic carbocycles. The molecule has 0 aromatic carbocycles. The lowest BCUT2D eigenvalue weighted by Crippen LogP contribution is -2.43. The number of nitrogens with one attached hydrogen (secondary N) is 1. The Morgan fingerprint density at radius 1 is 1.47 bits per heavy atom. The maximum absolute atomic E-state index is 11.8. The van der Waals surface area contributed by atoms with Crippen molar-refractivity contribution in [2.24, 2.45) is 5.92 Å². The summed E-state index contributed by atoms with van der Waals surface area (Å²) in [6, 6.07) is -0.260. The van der Waals surface area contributed by atoms with Gasteiger partial charge in [0.2, 0.25) is 5.91 Å². The molecule has 15 heavy (non-hydrogen) atoms. The second kappa shape index (κ2) is 6.80. The summed E-state index contributed by atoms with van der Waals surface area (Å²) in [5.74, 6) is 0.218. The molecule has 1 amide bonds. The van der Waals surface area contributed by atoms with E-state index in [1.165, 1.54) is 6.42 Å². The van der Waals surface area contributed by atoms with Crippen LogP contribution in [-0.4, -0.2) is 37.4 Å². The van der Waals surface area contributed by atoms with Gasteiger partial charge in [-0.1, -0.05) is 19.3 Å². The van der Waals surface area contributed by atoms with Gasteiger partial charge in [0, 0.05) is 13.0 Å². The maximum atomic E-state index is 11.8. The summed E-state index contributed by atoms with van der Waals surface area (Å²) in [6.45, 7) is 0.307. The summed E-state index contributed by atoms with van der Waals surface area (Å²) < 4.78 is 4.91. The van der Waals surface area contributed by atoms with Crippen LogP contribution < -0.4 is 5.32 Å². The van der Waals surface area contributed by atoms with Crippen molar-refractivity contribution in [3.63, 3.8) is 0 Å². The molecule has 1 rings (SSSR count). The summed E-state index contributed by atoms with van der Waals surface area (Å²) in [7, 11) is 1.56. The Morgan fingerprint density at radius 2 is 2.13 bits per heavy atom. The quantitative estimate of drug-likeness (QED) is 0.709. The van der Waals surface area contributed by atoms with Gasteiger partial charge in [-0.05, 0) is 12.8 Å². The van der Waals surface area contributed by atoms with E-state index in [9.17, 15) is 4.79 Å². The van der Waals surface area contributed by atoms with E-state index in [0.717, 1.165) is 25.7 Å². The molecule has 1 aliphatic rings. The van der Waals surface area contributed by atoms with E-state index >= 15 is 0 Å². The lowest BCUT2D eigenvalue weighted by Gasteiger charge is -2.23. The smallest absolute Gasteiger partial charge is 0.223 e. The first kappa shape index (κ1) is 12.5. The Hall–Kier alpha value is -0.610. The number of carbonyl (C=O) groups is 1. The minimum atomic E-state index is -0.260. The first-order chi connectivity index (χ1) is 7.27. The van der Waals surface area contributed by atoms with Gasteiger partial charge in [0.25, 0.3) is 0 Å². The Labute approximate surface area is 91.0 Å². The molecule has 1 fully saturated rings. The van der Waals surface area contributed by atoms with Crippen LogP contribution in [0.4, 0.5) is 0 Å². The third-order valence-corrected chi connectivity index (χ3v) is 2.91. The Bertz CT molecular complexity index is 190. The van der Waals surface area contributed by atoms with Crippen LogP contribution in [0, 0.1) is 5.92 Å². The number of methoxy groups -OCH3 is 1. The van der Waals surface area contributed by atoms with Crippen LogP contribution in [0.2, 0.25) is 0 Å². The zero-order valence-corrected chi connectivity index (χ0v) is 9.37. The number of aliphatic hydroxyl groups excluding tert-OH is 1. The number of carbonyl (C=O) groups excluding carboxylic acids is 1. The molecule has 0 radical (unpaired) electrons.